The number of benzene rings is 1. The molecule has 124 valence electrons. The second kappa shape index (κ2) is 5.46. The number of aromatic amines is 1. The van der Waals surface area contributed by atoms with Crippen LogP contribution < -0.4 is 5.32 Å². The number of hydrogen-bond acceptors (Lipinski definition) is 3. The van der Waals surface area contributed by atoms with E-state index < -0.39 is 0 Å². The Hall–Kier alpha value is -2.11. The molecule has 3 aromatic rings. The fraction of sp³-hybridized carbons (Fsp3) is 0.421. The van der Waals surface area contributed by atoms with Gasteiger partial charge in [-0.1, -0.05) is 0 Å². The van der Waals surface area contributed by atoms with Crippen LogP contribution in [-0.4, -0.2) is 51.7 Å². The van der Waals surface area contributed by atoms with Crippen LogP contribution >= 0.6 is 0 Å². The summed E-state index contributed by atoms with van der Waals surface area (Å²) in [4.78, 5) is 10.2. The van der Waals surface area contributed by atoms with Gasteiger partial charge in [-0.2, -0.15) is 0 Å². The molecule has 0 aliphatic carbocycles. The van der Waals surface area contributed by atoms with Crippen molar-refractivity contribution < 1.29 is 0 Å². The van der Waals surface area contributed by atoms with E-state index in [-0.39, 0.29) is 0 Å². The van der Waals surface area contributed by atoms with E-state index in [0.29, 0.717) is 6.04 Å². The Morgan fingerprint density at radius 2 is 2.25 bits per heavy atom. The van der Waals surface area contributed by atoms with Crippen LogP contribution in [0.25, 0.3) is 16.6 Å². The molecule has 0 unspecified atom stereocenters. The molecule has 0 saturated carbocycles. The number of imidazole rings is 1. The minimum absolute atomic E-state index is 0.651. The number of likely N-dealkylation sites (N-methyl/N-ethyl adjacent to an activating group) is 1. The molecule has 0 amide bonds. The van der Waals surface area contributed by atoms with Crippen molar-refractivity contribution in [3.63, 3.8) is 0 Å². The van der Waals surface area contributed by atoms with Crippen LogP contribution in [0, 0.1) is 5.92 Å². The minimum Gasteiger partial charge on any atom is -0.361 e. The molecule has 5 rings (SSSR count). The van der Waals surface area contributed by atoms with Crippen molar-refractivity contribution in [1.82, 2.24) is 24.8 Å². The zero-order chi connectivity index (χ0) is 16.1. The molecule has 0 radical (unpaired) electrons. The summed E-state index contributed by atoms with van der Waals surface area (Å²) in [5.41, 5.74) is 3.81. The maximum Gasteiger partial charge on any atom is 0.0991 e. The normalized spacial score (nSPS) is 27.1. The Kier molecular flexibility index (Phi) is 3.24. The highest BCUT2D eigenvalue weighted by Crippen LogP contribution is 2.34. The molecule has 2 aromatic heterocycles. The third-order valence-electron chi connectivity index (χ3n) is 5.99. The fourth-order valence-corrected chi connectivity index (χ4v) is 4.61. The number of hydrogen-bond donors (Lipinski definition) is 2. The van der Waals surface area contributed by atoms with E-state index in [4.69, 9.17) is 0 Å². The molecule has 1 aromatic carbocycles. The smallest absolute Gasteiger partial charge is 0.0991 e. The Morgan fingerprint density at radius 3 is 3.08 bits per heavy atom. The molecule has 2 saturated heterocycles. The largest absolute Gasteiger partial charge is 0.361 e. The molecule has 0 spiro atoms. The molecule has 0 bridgehead atoms. The molecule has 5 heteroatoms. The van der Waals surface area contributed by atoms with Crippen LogP contribution in [0.3, 0.4) is 0 Å². The van der Waals surface area contributed by atoms with Crippen molar-refractivity contribution in [1.29, 1.82) is 0 Å². The fourth-order valence-electron chi connectivity index (χ4n) is 4.61. The summed E-state index contributed by atoms with van der Waals surface area (Å²) in [6.07, 6.45) is 10.3. The maximum atomic E-state index is 4.16. The Morgan fingerprint density at radius 1 is 1.29 bits per heavy atom. The van der Waals surface area contributed by atoms with E-state index in [0.717, 1.165) is 24.9 Å². The van der Waals surface area contributed by atoms with Gasteiger partial charge in [0.1, 0.15) is 0 Å². The Bertz CT molecular complexity index is 850. The summed E-state index contributed by atoms with van der Waals surface area (Å²) in [6.45, 7) is 2.33. The lowest BCUT2D eigenvalue weighted by atomic mass is 9.98. The zero-order valence-corrected chi connectivity index (χ0v) is 13.9. The number of nitrogens with zero attached hydrogens (tertiary/aromatic N) is 3. The number of rotatable bonds is 3. The molecular weight excluding hydrogens is 298 g/mol. The monoisotopic (exact) mass is 321 g/mol. The lowest BCUT2D eigenvalue weighted by Gasteiger charge is -2.24. The van der Waals surface area contributed by atoms with Gasteiger partial charge in [-0.15, -0.1) is 0 Å². The lowest BCUT2D eigenvalue weighted by molar-refractivity contribution is 0.241. The van der Waals surface area contributed by atoms with Crippen molar-refractivity contribution in [3.8, 4) is 5.69 Å². The second-order valence-electron chi connectivity index (χ2n) is 7.26. The molecular formula is C19H23N5. The first-order chi connectivity index (χ1) is 11.8. The van der Waals surface area contributed by atoms with E-state index in [1.807, 2.05) is 18.7 Å². The predicted octanol–water partition coefficient (Wildman–Crippen LogP) is 2.19. The van der Waals surface area contributed by atoms with Gasteiger partial charge in [-0.25, -0.2) is 4.98 Å². The van der Waals surface area contributed by atoms with Gasteiger partial charge in [0.15, 0.2) is 0 Å². The van der Waals surface area contributed by atoms with Crippen LogP contribution in [0.4, 0.5) is 0 Å². The molecule has 4 heterocycles. The number of aromatic nitrogens is 3. The summed E-state index contributed by atoms with van der Waals surface area (Å²) in [5, 5.41) is 4.87. The summed E-state index contributed by atoms with van der Waals surface area (Å²) in [5.74, 6) is 0.826. The van der Waals surface area contributed by atoms with Gasteiger partial charge >= 0.3 is 0 Å². The summed E-state index contributed by atoms with van der Waals surface area (Å²) >= 11 is 0. The standard InChI is InChI=1S/C19H23N5/c1-23-16(7-14-9-21-11-19(14)23)6-13-10-22-18-3-2-15(8-17(13)18)24-5-4-20-12-24/h2-5,8,10,12,14,16,19,21-22H,6-7,9,11H2,1H3/t14-,16+,19+/m0/s1. The molecule has 3 atom stereocenters. The molecule has 2 N–H and O–H groups in total. The van der Waals surface area contributed by atoms with E-state index in [1.165, 1.54) is 35.1 Å². The average molecular weight is 321 g/mol. The number of likely N-dealkylation sites (tertiary alicyclic amines) is 1. The van der Waals surface area contributed by atoms with Crippen LogP contribution in [0.1, 0.15) is 12.0 Å². The summed E-state index contributed by atoms with van der Waals surface area (Å²) in [7, 11) is 2.30. The van der Waals surface area contributed by atoms with Crippen molar-refractivity contribution >= 4 is 10.9 Å². The molecule has 2 aliphatic rings. The van der Waals surface area contributed by atoms with Gasteiger partial charge in [0.25, 0.3) is 0 Å². The van der Waals surface area contributed by atoms with Crippen LogP contribution in [0.5, 0.6) is 0 Å². The predicted molar refractivity (Wildman–Crippen MR) is 95.4 cm³/mol. The second-order valence-corrected chi connectivity index (χ2v) is 7.26. The highest BCUT2D eigenvalue weighted by Gasteiger charge is 2.41. The molecule has 2 fully saturated rings. The van der Waals surface area contributed by atoms with Gasteiger partial charge in [-0.05, 0) is 56.1 Å². The van der Waals surface area contributed by atoms with Gasteiger partial charge in [-0.3, -0.25) is 4.90 Å². The highest BCUT2D eigenvalue weighted by molar-refractivity contribution is 5.85. The van der Waals surface area contributed by atoms with Crippen molar-refractivity contribution in [3.05, 3.63) is 48.7 Å². The Labute approximate surface area is 141 Å². The van der Waals surface area contributed by atoms with Gasteiger partial charge < -0.3 is 14.9 Å². The number of fused-ring (bicyclic) bond motifs is 2. The summed E-state index contributed by atoms with van der Waals surface area (Å²) < 4.78 is 2.06. The highest BCUT2D eigenvalue weighted by atomic mass is 15.2. The van der Waals surface area contributed by atoms with Crippen molar-refractivity contribution in [2.75, 3.05) is 20.1 Å². The van der Waals surface area contributed by atoms with Crippen LogP contribution in [0.2, 0.25) is 0 Å². The number of H-pyrrole nitrogens is 1. The van der Waals surface area contributed by atoms with Gasteiger partial charge in [0.2, 0.25) is 0 Å². The van der Waals surface area contributed by atoms with E-state index >= 15 is 0 Å². The van der Waals surface area contributed by atoms with Gasteiger partial charge in [0, 0.05) is 53.8 Å². The van der Waals surface area contributed by atoms with Crippen molar-refractivity contribution in [2.45, 2.75) is 24.9 Å². The lowest BCUT2D eigenvalue weighted by Crippen LogP contribution is -2.36. The quantitative estimate of drug-likeness (QED) is 0.777. The molecule has 24 heavy (non-hydrogen) atoms. The first-order valence-corrected chi connectivity index (χ1v) is 8.80. The van der Waals surface area contributed by atoms with Gasteiger partial charge in [0.05, 0.1) is 6.33 Å². The zero-order valence-electron chi connectivity index (χ0n) is 13.9. The average Bonchev–Trinajstić information content (AvgIpc) is 3.36. The Balaban J connectivity index is 1.45. The van der Waals surface area contributed by atoms with Crippen molar-refractivity contribution in [2.24, 2.45) is 5.92 Å². The van der Waals surface area contributed by atoms with Crippen LogP contribution in [-0.2, 0) is 6.42 Å². The van der Waals surface area contributed by atoms with E-state index in [1.54, 1.807) is 0 Å². The first-order valence-electron chi connectivity index (χ1n) is 8.80. The van der Waals surface area contributed by atoms with E-state index in [2.05, 4.69) is 56.2 Å². The molecule has 5 nitrogen and oxygen atoms in total. The van der Waals surface area contributed by atoms with E-state index in [9.17, 15) is 0 Å². The number of nitrogens with one attached hydrogen (secondary N) is 2. The minimum atomic E-state index is 0.651. The third kappa shape index (κ3) is 2.19. The SMILES string of the molecule is CN1[C@H](Cc2c[nH]c3ccc(-n4ccnc4)cc23)C[C@H]2CNC[C@H]21. The summed E-state index contributed by atoms with van der Waals surface area (Å²) in [6, 6.07) is 7.97. The third-order valence-corrected chi connectivity index (χ3v) is 5.99. The maximum absolute atomic E-state index is 4.16. The van der Waals surface area contributed by atoms with Crippen LogP contribution in [0.15, 0.2) is 43.1 Å². The molecule has 2 aliphatic heterocycles. The first kappa shape index (κ1) is 14.3. The topological polar surface area (TPSA) is 48.9 Å².